The van der Waals surface area contributed by atoms with E-state index in [9.17, 15) is 36.5 Å². The van der Waals surface area contributed by atoms with Gasteiger partial charge in [0.25, 0.3) is 15.7 Å². The van der Waals surface area contributed by atoms with E-state index in [0.29, 0.717) is 6.07 Å². The number of para-hydroxylation sites is 1. The maximum absolute atomic E-state index is 13.1. The molecule has 0 unspecified atom stereocenters. The van der Waals surface area contributed by atoms with E-state index in [1.54, 1.807) is 0 Å². The number of anilines is 1. The van der Waals surface area contributed by atoms with Gasteiger partial charge >= 0.3 is 12.1 Å². The number of nitro groups is 1. The van der Waals surface area contributed by atoms with Crippen LogP contribution in [0.2, 0.25) is 5.02 Å². The number of aliphatic carboxylic acids is 1. The Hall–Kier alpha value is -2.86. The summed E-state index contributed by atoms with van der Waals surface area (Å²) in [5.74, 6) is -1.69. The Bertz CT molecular complexity index is 1040. The summed E-state index contributed by atoms with van der Waals surface area (Å²) in [5, 5.41) is 19.4. The van der Waals surface area contributed by atoms with Gasteiger partial charge in [0, 0.05) is 6.07 Å². The predicted molar refractivity (Wildman–Crippen MR) is 91.7 cm³/mol. The number of nitrogens with zero attached hydrogens (tertiary/aromatic N) is 2. The smallest absolute Gasteiger partial charge is 0.417 e. The maximum Gasteiger partial charge on any atom is 0.417 e. The van der Waals surface area contributed by atoms with Crippen LogP contribution in [0.5, 0.6) is 0 Å². The highest BCUT2D eigenvalue weighted by Crippen LogP contribution is 2.38. The molecule has 0 aliphatic carbocycles. The first-order valence-electron chi connectivity index (χ1n) is 7.20. The van der Waals surface area contributed by atoms with Crippen molar-refractivity contribution in [3.05, 3.63) is 63.2 Å². The Morgan fingerprint density at radius 1 is 1.21 bits per heavy atom. The quantitative estimate of drug-likeness (QED) is 0.544. The van der Waals surface area contributed by atoms with Crippen molar-refractivity contribution >= 4 is 39.0 Å². The van der Waals surface area contributed by atoms with Crippen LogP contribution in [0.1, 0.15) is 5.56 Å². The average Bonchev–Trinajstić information content (AvgIpc) is 2.59. The van der Waals surface area contributed by atoms with Crippen LogP contribution < -0.4 is 4.31 Å². The van der Waals surface area contributed by atoms with E-state index in [-0.39, 0.29) is 4.31 Å². The van der Waals surface area contributed by atoms with Crippen LogP contribution >= 0.6 is 11.6 Å². The van der Waals surface area contributed by atoms with E-state index >= 15 is 0 Å². The molecule has 0 fully saturated rings. The zero-order valence-corrected chi connectivity index (χ0v) is 15.1. The topological polar surface area (TPSA) is 118 Å². The molecule has 0 saturated carbocycles. The summed E-state index contributed by atoms with van der Waals surface area (Å²) in [6, 6.07) is 6.04. The molecule has 2 aromatic carbocycles. The third-order valence-corrected chi connectivity index (χ3v) is 5.60. The lowest BCUT2D eigenvalue weighted by Gasteiger charge is -2.23. The summed E-state index contributed by atoms with van der Waals surface area (Å²) < 4.78 is 65.2. The number of hydrogen-bond acceptors (Lipinski definition) is 5. The molecule has 1 N–H and O–H groups in total. The Labute approximate surface area is 161 Å². The molecule has 2 rings (SSSR count). The number of nitro benzene ring substituents is 1. The van der Waals surface area contributed by atoms with Crippen LogP contribution in [0.3, 0.4) is 0 Å². The number of hydrogen-bond donors (Lipinski definition) is 1. The van der Waals surface area contributed by atoms with Crippen molar-refractivity contribution in [1.29, 1.82) is 0 Å². The number of sulfonamides is 1. The van der Waals surface area contributed by atoms with Crippen LogP contribution in [-0.4, -0.2) is 31.0 Å². The molecule has 0 aliphatic heterocycles. The molecule has 0 bridgehead atoms. The number of benzene rings is 2. The molecule has 0 amide bonds. The lowest BCUT2D eigenvalue weighted by atomic mass is 10.2. The molecule has 13 heteroatoms. The molecule has 8 nitrogen and oxygen atoms in total. The lowest BCUT2D eigenvalue weighted by Crippen LogP contribution is -2.36. The molecule has 150 valence electrons. The molecule has 0 aromatic heterocycles. The summed E-state index contributed by atoms with van der Waals surface area (Å²) in [4.78, 5) is 20.4. The van der Waals surface area contributed by atoms with Gasteiger partial charge in [-0.2, -0.15) is 13.2 Å². The van der Waals surface area contributed by atoms with E-state index in [2.05, 4.69) is 0 Å². The van der Waals surface area contributed by atoms with Crippen molar-refractivity contribution in [3.8, 4) is 0 Å². The Balaban J connectivity index is 2.72. The maximum atomic E-state index is 13.1. The highest BCUT2D eigenvalue weighted by atomic mass is 35.5. The van der Waals surface area contributed by atoms with Crippen molar-refractivity contribution < 1.29 is 36.4 Å². The first-order chi connectivity index (χ1) is 12.9. The van der Waals surface area contributed by atoms with E-state index in [1.165, 1.54) is 6.07 Å². The minimum Gasteiger partial charge on any atom is -0.480 e. The van der Waals surface area contributed by atoms with Crippen LogP contribution in [0.4, 0.5) is 24.5 Å². The first kappa shape index (κ1) is 21.4. The molecule has 0 aliphatic rings. The summed E-state index contributed by atoms with van der Waals surface area (Å²) in [6.07, 6.45) is -4.94. The van der Waals surface area contributed by atoms with Gasteiger partial charge in [0.15, 0.2) is 4.90 Å². The largest absolute Gasteiger partial charge is 0.480 e. The second-order valence-corrected chi connectivity index (χ2v) is 7.53. The van der Waals surface area contributed by atoms with E-state index in [0.717, 1.165) is 30.3 Å². The van der Waals surface area contributed by atoms with Gasteiger partial charge in [0.2, 0.25) is 0 Å². The summed E-state index contributed by atoms with van der Waals surface area (Å²) in [7, 11) is -4.90. The molecule has 0 saturated heterocycles. The minimum absolute atomic E-state index is 0.128. The average molecular weight is 439 g/mol. The second kappa shape index (κ2) is 7.64. The molecule has 28 heavy (non-hydrogen) atoms. The molecule has 0 atom stereocenters. The van der Waals surface area contributed by atoms with Crippen molar-refractivity contribution in [1.82, 2.24) is 0 Å². The van der Waals surface area contributed by atoms with Gasteiger partial charge < -0.3 is 5.11 Å². The Morgan fingerprint density at radius 2 is 1.82 bits per heavy atom. The molecule has 0 radical (unpaired) electrons. The first-order valence-corrected chi connectivity index (χ1v) is 9.02. The van der Waals surface area contributed by atoms with Crippen LogP contribution in [0.25, 0.3) is 0 Å². The van der Waals surface area contributed by atoms with Gasteiger partial charge in [0.05, 0.1) is 21.2 Å². The highest BCUT2D eigenvalue weighted by Gasteiger charge is 2.37. The lowest BCUT2D eigenvalue weighted by molar-refractivity contribution is -0.387. The van der Waals surface area contributed by atoms with Gasteiger partial charge in [-0.1, -0.05) is 23.7 Å². The van der Waals surface area contributed by atoms with Gasteiger partial charge in [0.1, 0.15) is 6.54 Å². The monoisotopic (exact) mass is 438 g/mol. The van der Waals surface area contributed by atoms with Crippen molar-refractivity contribution in [2.45, 2.75) is 11.1 Å². The number of carboxylic acids is 1. The van der Waals surface area contributed by atoms with Crippen LogP contribution in [0, 0.1) is 10.1 Å². The predicted octanol–water partition coefficient (Wildman–Crippen LogP) is 3.55. The van der Waals surface area contributed by atoms with Gasteiger partial charge in [-0.25, -0.2) is 8.42 Å². The summed E-state index contributed by atoms with van der Waals surface area (Å²) in [5.41, 5.74) is -2.92. The number of rotatable bonds is 6. The fraction of sp³-hybridized carbons (Fsp3) is 0.133. The number of halogens is 4. The Morgan fingerprint density at radius 3 is 2.36 bits per heavy atom. The molecule has 2 aromatic rings. The molecular weight excluding hydrogens is 429 g/mol. The SMILES string of the molecule is O=C(O)CN(c1ccc(Cl)c(C(F)(F)F)c1)S(=O)(=O)c1ccccc1[N+](=O)[O-]. The summed E-state index contributed by atoms with van der Waals surface area (Å²) in [6.45, 7) is -1.27. The Kier molecular flexibility index (Phi) is 5.85. The normalized spacial score (nSPS) is 11.9. The van der Waals surface area contributed by atoms with Gasteiger partial charge in [-0.05, 0) is 24.3 Å². The van der Waals surface area contributed by atoms with Crippen LogP contribution in [-0.2, 0) is 21.0 Å². The zero-order valence-electron chi connectivity index (χ0n) is 13.6. The minimum atomic E-state index is -4.94. The highest BCUT2D eigenvalue weighted by molar-refractivity contribution is 7.93. The number of carbonyl (C=O) groups is 1. The van der Waals surface area contributed by atoms with Gasteiger partial charge in [-0.3, -0.25) is 19.2 Å². The molecule has 0 heterocycles. The summed E-state index contributed by atoms with van der Waals surface area (Å²) >= 11 is 5.50. The van der Waals surface area contributed by atoms with E-state index in [4.69, 9.17) is 16.7 Å². The van der Waals surface area contributed by atoms with Crippen LogP contribution in [0.15, 0.2) is 47.4 Å². The van der Waals surface area contributed by atoms with Gasteiger partial charge in [-0.15, -0.1) is 0 Å². The molecular formula is C15H10ClF3N2O6S. The molecule has 0 spiro atoms. The second-order valence-electron chi connectivity index (χ2n) is 5.29. The fourth-order valence-electron chi connectivity index (χ4n) is 2.27. The zero-order chi connectivity index (χ0) is 21.3. The standard InChI is InChI=1S/C15H10ClF3N2O6S/c16-11-6-5-9(7-10(11)15(17,18)19)20(8-14(22)23)28(26,27)13-4-2-1-3-12(13)21(24)25/h1-7H,8H2,(H,22,23). The van der Waals surface area contributed by atoms with Crippen molar-refractivity contribution in [3.63, 3.8) is 0 Å². The van der Waals surface area contributed by atoms with E-state index in [1.807, 2.05) is 0 Å². The number of alkyl halides is 3. The van der Waals surface area contributed by atoms with Crippen molar-refractivity contribution in [2.75, 3.05) is 10.8 Å². The van der Waals surface area contributed by atoms with E-state index < -0.39 is 60.5 Å². The fourth-order valence-corrected chi connectivity index (χ4v) is 4.06. The van der Waals surface area contributed by atoms with Crippen molar-refractivity contribution in [2.24, 2.45) is 0 Å². The number of carboxylic acid groups (broad SMARTS) is 1. The third-order valence-electron chi connectivity index (χ3n) is 3.45. The third kappa shape index (κ3) is 4.34.